The monoisotopic (exact) mass is 439 g/mol. The van der Waals surface area contributed by atoms with E-state index in [0.717, 1.165) is 24.2 Å². The number of pyridine rings is 2. The van der Waals surface area contributed by atoms with E-state index in [1.165, 1.54) is 13.4 Å². The maximum atomic E-state index is 13.3. The summed E-state index contributed by atoms with van der Waals surface area (Å²) in [4.78, 5) is 34.1. The number of nitrogens with zero attached hydrogens (tertiary/aromatic N) is 6. The fraction of sp³-hybridized carbons (Fsp3) is 0.286. The van der Waals surface area contributed by atoms with Crippen molar-refractivity contribution in [3.05, 3.63) is 48.0 Å². The zero-order chi connectivity index (χ0) is 22.0. The van der Waals surface area contributed by atoms with Gasteiger partial charge in [-0.15, -0.1) is 0 Å². The van der Waals surface area contributed by atoms with Gasteiger partial charge >= 0.3 is 6.03 Å². The summed E-state index contributed by atoms with van der Waals surface area (Å²) in [6.07, 6.45) is 5.38. The molecule has 0 aromatic carbocycles. The lowest BCUT2D eigenvalue weighted by Gasteiger charge is -2.27. The van der Waals surface area contributed by atoms with Crippen molar-refractivity contribution >= 4 is 35.0 Å². The number of urea groups is 1. The van der Waals surface area contributed by atoms with E-state index in [2.05, 4.69) is 25.2 Å². The number of anilines is 3. The van der Waals surface area contributed by atoms with Gasteiger partial charge in [0.2, 0.25) is 5.88 Å². The van der Waals surface area contributed by atoms with Gasteiger partial charge in [-0.05, 0) is 31.5 Å². The Hall–Kier alpha value is -3.46. The molecule has 0 aliphatic carbocycles. The molecule has 0 unspecified atom stereocenters. The number of ether oxygens (including phenoxy) is 1. The fourth-order valence-corrected chi connectivity index (χ4v) is 3.63. The quantitative estimate of drug-likeness (QED) is 0.661. The molecule has 1 atom stereocenters. The Labute approximate surface area is 185 Å². The number of amides is 2. The molecule has 2 amide bonds. The maximum Gasteiger partial charge on any atom is 0.328 e. The molecule has 10 heteroatoms. The van der Waals surface area contributed by atoms with Crippen LogP contribution in [0.3, 0.4) is 0 Å². The lowest BCUT2D eigenvalue weighted by Crippen LogP contribution is -2.42. The smallest absolute Gasteiger partial charge is 0.328 e. The number of methoxy groups -OCH3 is 1. The van der Waals surface area contributed by atoms with Crippen LogP contribution in [0.25, 0.3) is 11.3 Å². The highest BCUT2D eigenvalue weighted by Crippen LogP contribution is 2.35. The van der Waals surface area contributed by atoms with Crippen molar-refractivity contribution in [1.29, 1.82) is 0 Å². The molecule has 31 heavy (non-hydrogen) atoms. The van der Waals surface area contributed by atoms with Gasteiger partial charge in [0, 0.05) is 43.7 Å². The first-order valence-electron chi connectivity index (χ1n) is 9.75. The minimum atomic E-state index is -0.335. The molecule has 3 aromatic rings. The first-order chi connectivity index (χ1) is 15.0. The minimum absolute atomic E-state index is 0.0901. The van der Waals surface area contributed by atoms with Crippen molar-refractivity contribution in [2.75, 3.05) is 35.8 Å². The minimum Gasteiger partial charge on any atom is -0.481 e. The second-order valence-electron chi connectivity index (χ2n) is 7.24. The summed E-state index contributed by atoms with van der Waals surface area (Å²) in [7, 11) is 3.50. The van der Waals surface area contributed by atoms with Crippen molar-refractivity contribution in [2.24, 2.45) is 0 Å². The third kappa shape index (κ3) is 4.36. The molecule has 1 aliphatic heterocycles. The molecule has 160 valence electrons. The largest absolute Gasteiger partial charge is 0.481 e. The Balaban J connectivity index is 1.74. The molecule has 0 saturated heterocycles. The van der Waals surface area contributed by atoms with Gasteiger partial charge < -0.3 is 9.64 Å². The summed E-state index contributed by atoms with van der Waals surface area (Å²) in [6.45, 7) is 2.79. The molecule has 0 bridgehead atoms. The first kappa shape index (κ1) is 20.8. The van der Waals surface area contributed by atoms with Crippen molar-refractivity contribution in [3.63, 3.8) is 0 Å². The number of rotatable bonds is 3. The highest BCUT2D eigenvalue weighted by atomic mass is 35.5. The Kier molecular flexibility index (Phi) is 5.85. The summed E-state index contributed by atoms with van der Waals surface area (Å²) in [5, 5.41) is 3.35. The highest BCUT2D eigenvalue weighted by Gasteiger charge is 2.30. The number of carbonyl (C=O) groups is 1. The predicted molar refractivity (Wildman–Crippen MR) is 120 cm³/mol. The van der Waals surface area contributed by atoms with Gasteiger partial charge in [-0.2, -0.15) is 0 Å². The third-order valence-corrected chi connectivity index (χ3v) is 5.33. The highest BCUT2D eigenvalue weighted by molar-refractivity contribution is 6.30. The number of hydrogen-bond acceptors (Lipinski definition) is 7. The molecule has 4 heterocycles. The third-order valence-electron chi connectivity index (χ3n) is 5.12. The second kappa shape index (κ2) is 8.73. The van der Waals surface area contributed by atoms with E-state index in [9.17, 15) is 4.79 Å². The lowest BCUT2D eigenvalue weighted by molar-refractivity contribution is 0.255. The van der Waals surface area contributed by atoms with E-state index >= 15 is 0 Å². The van der Waals surface area contributed by atoms with Gasteiger partial charge in [0.05, 0.1) is 23.5 Å². The van der Waals surface area contributed by atoms with Crippen LogP contribution in [0.2, 0.25) is 5.02 Å². The zero-order valence-corrected chi connectivity index (χ0v) is 18.2. The van der Waals surface area contributed by atoms with E-state index < -0.39 is 0 Å². The van der Waals surface area contributed by atoms with Crippen LogP contribution in [0.5, 0.6) is 5.88 Å². The maximum absolute atomic E-state index is 13.3. The molecular weight excluding hydrogens is 418 g/mol. The lowest BCUT2D eigenvalue weighted by atomic mass is 10.1. The number of aromatic nitrogens is 4. The van der Waals surface area contributed by atoms with Crippen LogP contribution in [0.4, 0.5) is 22.1 Å². The molecule has 1 N–H and O–H groups in total. The number of hydrogen-bond donors (Lipinski definition) is 1. The van der Waals surface area contributed by atoms with Crippen LogP contribution in [0.15, 0.2) is 43.0 Å². The van der Waals surface area contributed by atoms with Gasteiger partial charge in [-0.25, -0.2) is 19.7 Å². The van der Waals surface area contributed by atoms with Crippen LogP contribution in [-0.2, 0) is 0 Å². The van der Waals surface area contributed by atoms with Crippen LogP contribution >= 0.6 is 11.6 Å². The normalized spacial score (nSPS) is 15.8. The van der Waals surface area contributed by atoms with Gasteiger partial charge in [-0.1, -0.05) is 11.6 Å². The van der Waals surface area contributed by atoms with Gasteiger partial charge in [-0.3, -0.25) is 15.2 Å². The fourth-order valence-electron chi connectivity index (χ4n) is 3.45. The van der Waals surface area contributed by atoms with Crippen molar-refractivity contribution in [1.82, 2.24) is 19.9 Å². The average molecular weight is 440 g/mol. The van der Waals surface area contributed by atoms with Crippen molar-refractivity contribution < 1.29 is 9.53 Å². The Bertz CT molecular complexity index is 1110. The van der Waals surface area contributed by atoms with Crippen molar-refractivity contribution in [2.45, 2.75) is 19.4 Å². The van der Waals surface area contributed by atoms with Crippen LogP contribution in [-0.4, -0.2) is 52.7 Å². The summed E-state index contributed by atoms with van der Waals surface area (Å²) < 4.78 is 5.12. The molecule has 3 aromatic heterocycles. The first-order valence-corrected chi connectivity index (χ1v) is 10.1. The second-order valence-corrected chi connectivity index (χ2v) is 7.67. The van der Waals surface area contributed by atoms with Crippen LogP contribution < -0.4 is 19.9 Å². The molecule has 0 radical (unpaired) electrons. The van der Waals surface area contributed by atoms with E-state index in [1.54, 1.807) is 29.4 Å². The molecule has 0 spiro atoms. The topological polar surface area (TPSA) is 96.4 Å². The molecule has 4 rings (SSSR count). The van der Waals surface area contributed by atoms with Gasteiger partial charge in [0.25, 0.3) is 0 Å². The van der Waals surface area contributed by atoms with Gasteiger partial charge in [0.15, 0.2) is 5.82 Å². The summed E-state index contributed by atoms with van der Waals surface area (Å²) in [5.41, 5.74) is 2.31. The predicted octanol–water partition coefficient (Wildman–Crippen LogP) is 3.86. The summed E-state index contributed by atoms with van der Waals surface area (Å²) in [6, 6.07) is 6.81. The molecule has 1 aliphatic rings. The number of halogens is 1. The van der Waals surface area contributed by atoms with E-state index in [0.29, 0.717) is 28.2 Å². The number of carbonyl (C=O) groups excluding carboxylic acids is 1. The van der Waals surface area contributed by atoms with E-state index in [1.807, 2.05) is 26.1 Å². The van der Waals surface area contributed by atoms with Crippen LogP contribution in [0.1, 0.15) is 13.3 Å². The molecule has 0 saturated carbocycles. The van der Waals surface area contributed by atoms with Gasteiger partial charge in [0.1, 0.15) is 12.1 Å². The summed E-state index contributed by atoms with van der Waals surface area (Å²) >= 11 is 6.11. The number of nitrogens with one attached hydrogen (secondary N) is 1. The molecule has 0 fully saturated rings. The number of fused-ring (bicyclic) bond motifs is 1. The molecule has 9 nitrogen and oxygen atoms in total. The molecular formula is C21H22ClN7O2. The van der Waals surface area contributed by atoms with E-state index in [-0.39, 0.29) is 12.1 Å². The standard InChI is InChI=1S/C21H22ClN7O2/c1-13-6-7-28(2)17-5-4-16(14-8-15(22)11-23-10-14)26-20(17)29(13)21(30)27-18-9-19(31-3)25-12-24-18/h4-5,8-13H,6-7H2,1-3H3,(H,24,25,27,30)/t13-/m1/s1. The van der Waals surface area contributed by atoms with Crippen LogP contribution in [0, 0.1) is 0 Å². The average Bonchev–Trinajstić information content (AvgIpc) is 2.89. The Morgan fingerprint density at radius 2 is 2.10 bits per heavy atom. The Morgan fingerprint density at radius 3 is 2.87 bits per heavy atom. The summed E-state index contributed by atoms with van der Waals surface area (Å²) in [5.74, 6) is 1.27. The van der Waals surface area contributed by atoms with Crippen molar-refractivity contribution in [3.8, 4) is 17.1 Å². The van der Waals surface area contributed by atoms with E-state index in [4.69, 9.17) is 21.3 Å². The zero-order valence-electron chi connectivity index (χ0n) is 17.4. The SMILES string of the molecule is COc1cc(NC(=O)N2c3nc(-c4cncc(Cl)c4)ccc3N(C)CC[C@H]2C)ncn1. The Morgan fingerprint density at radius 1 is 1.26 bits per heavy atom.